The average Bonchev–Trinajstić information content (AvgIpc) is 2.73. The van der Waals surface area contributed by atoms with Crippen molar-refractivity contribution in [3.05, 3.63) is 59.2 Å². The Morgan fingerprint density at radius 3 is 2.30 bits per heavy atom. The standard InChI is InChI=1S/C24H32O5S/c1-24(19-8-10-20(27-2)11-9-19)15-14-18-17-21(28-3)12-13-22(18)23(24)7-5-6-16-29-30(4,25)26/h8-13,17,23H,5-7,14-16H2,1-4H3. The van der Waals surface area contributed by atoms with E-state index >= 15 is 0 Å². The van der Waals surface area contributed by atoms with E-state index in [2.05, 4.69) is 31.2 Å². The highest BCUT2D eigenvalue weighted by molar-refractivity contribution is 7.85. The van der Waals surface area contributed by atoms with Gasteiger partial charge in [-0.3, -0.25) is 4.18 Å². The van der Waals surface area contributed by atoms with E-state index in [0.717, 1.165) is 43.4 Å². The molecule has 3 rings (SSSR count). The van der Waals surface area contributed by atoms with Gasteiger partial charge in [-0.2, -0.15) is 8.42 Å². The third-order valence-electron chi connectivity index (χ3n) is 6.34. The van der Waals surface area contributed by atoms with Crippen molar-refractivity contribution in [3.8, 4) is 11.5 Å². The van der Waals surface area contributed by atoms with Crippen molar-refractivity contribution in [1.29, 1.82) is 0 Å². The predicted molar refractivity (Wildman–Crippen MR) is 119 cm³/mol. The molecule has 2 atom stereocenters. The molecule has 0 saturated carbocycles. The molecule has 0 heterocycles. The van der Waals surface area contributed by atoms with E-state index in [9.17, 15) is 8.42 Å². The Hall–Kier alpha value is -2.05. The van der Waals surface area contributed by atoms with Crippen molar-refractivity contribution in [2.75, 3.05) is 27.1 Å². The number of fused-ring (bicyclic) bond motifs is 1. The molecule has 5 nitrogen and oxygen atoms in total. The Balaban J connectivity index is 1.86. The second-order valence-electron chi connectivity index (χ2n) is 8.29. The van der Waals surface area contributed by atoms with Gasteiger partial charge in [0.05, 0.1) is 27.1 Å². The van der Waals surface area contributed by atoms with Crippen LogP contribution in [0.4, 0.5) is 0 Å². The monoisotopic (exact) mass is 432 g/mol. The molecule has 1 aliphatic rings. The first-order chi connectivity index (χ1) is 14.3. The Labute approximate surface area is 180 Å². The molecular formula is C24H32O5S. The summed E-state index contributed by atoms with van der Waals surface area (Å²) in [5, 5.41) is 0. The second-order valence-corrected chi connectivity index (χ2v) is 9.93. The van der Waals surface area contributed by atoms with Gasteiger partial charge in [0.15, 0.2) is 0 Å². The zero-order valence-corrected chi connectivity index (χ0v) is 19.1. The predicted octanol–water partition coefficient (Wildman–Crippen LogP) is 4.84. The van der Waals surface area contributed by atoms with Crippen LogP contribution in [-0.2, 0) is 26.1 Å². The number of benzene rings is 2. The molecule has 0 aromatic heterocycles. The fourth-order valence-corrected chi connectivity index (χ4v) is 5.05. The van der Waals surface area contributed by atoms with Crippen LogP contribution < -0.4 is 9.47 Å². The fraction of sp³-hybridized carbons (Fsp3) is 0.500. The summed E-state index contributed by atoms with van der Waals surface area (Å²) >= 11 is 0. The van der Waals surface area contributed by atoms with Gasteiger partial charge < -0.3 is 9.47 Å². The number of hydrogen-bond donors (Lipinski definition) is 0. The molecule has 2 unspecified atom stereocenters. The van der Waals surface area contributed by atoms with Crippen molar-refractivity contribution < 1.29 is 22.1 Å². The Morgan fingerprint density at radius 2 is 1.67 bits per heavy atom. The number of hydrogen-bond acceptors (Lipinski definition) is 5. The van der Waals surface area contributed by atoms with Crippen molar-refractivity contribution >= 4 is 10.1 Å². The van der Waals surface area contributed by atoms with Crippen molar-refractivity contribution in [2.45, 2.75) is 50.4 Å². The van der Waals surface area contributed by atoms with E-state index in [4.69, 9.17) is 13.7 Å². The normalized spacial score (nSPS) is 21.1. The Morgan fingerprint density at radius 1 is 1.00 bits per heavy atom. The first kappa shape index (κ1) is 22.6. The van der Waals surface area contributed by atoms with E-state index in [1.807, 2.05) is 18.2 Å². The third-order valence-corrected chi connectivity index (χ3v) is 6.94. The first-order valence-electron chi connectivity index (χ1n) is 10.4. The minimum absolute atomic E-state index is 0.00838. The topological polar surface area (TPSA) is 61.8 Å². The van der Waals surface area contributed by atoms with Crippen LogP contribution in [-0.4, -0.2) is 35.5 Å². The number of rotatable bonds is 9. The average molecular weight is 433 g/mol. The Kier molecular flexibility index (Phi) is 7.09. The number of unbranched alkanes of at least 4 members (excludes halogenated alkanes) is 1. The summed E-state index contributed by atoms with van der Waals surface area (Å²) in [5.41, 5.74) is 4.01. The van der Waals surface area contributed by atoms with E-state index in [1.165, 1.54) is 16.7 Å². The van der Waals surface area contributed by atoms with Crippen LogP contribution >= 0.6 is 0 Å². The van der Waals surface area contributed by atoms with E-state index in [0.29, 0.717) is 12.3 Å². The molecule has 2 aromatic rings. The molecule has 2 aromatic carbocycles. The highest BCUT2D eigenvalue weighted by Crippen LogP contribution is 2.50. The summed E-state index contributed by atoms with van der Waals surface area (Å²) in [6.45, 7) is 2.58. The molecule has 0 amide bonds. The summed E-state index contributed by atoms with van der Waals surface area (Å²) in [4.78, 5) is 0. The molecule has 164 valence electrons. The van der Waals surface area contributed by atoms with Crippen LogP contribution in [0.5, 0.6) is 11.5 Å². The van der Waals surface area contributed by atoms with Crippen LogP contribution in [0.25, 0.3) is 0 Å². The lowest BCUT2D eigenvalue weighted by molar-refractivity contribution is 0.281. The summed E-state index contributed by atoms with van der Waals surface area (Å²) < 4.78 is 38.1. The van der Waals surface area contributed by atoms with Gasteiger partial charge >= 0.3 is 0 Å². The lowest BCUT2D eigenvalue weighted by atomic mass is 9.60. The van der Waals surface area contributed by atoms with Gasteiger partial charge in [0, 0.05) is 0 Å². The maximum absolute atomic E-state index is 11.2. The molecule has 0 N–H and O–H groups in total. The van der Waals surface area contributed by atoms with Gasteiger partial charge in [0.25, 0.3) is 10.1 Å². The number of methoxy groups -OCH3 is 2. The molecule has 0 bridgehead atoms. The minimum atomic E-state index is -3.38. The van der Waals surface area contributed by atoms with Crippen molar-refractivity contribution in [1.82, 2.24) is 0 Å². The van der Waals surface area contributed by atoms with Crippen LogP contribution in [0.1, 0.15) is 55.2 Å². The molecular weight excluding hydrogens is 400 g/mol. The van der Waals surface area contributed by atoms with Gasteiger partial charge in [-0.05, 0) is 78.0 Å². The van der Waals surface area contributed by atoms with Gasteiger partial charge in [0.1, 0.15) is 11.5 Å². The second kappa shape index (κ2) is 9.40. The Bertz CT molecular complexity index is 952. The van der Waals surface area contributed by atoms with Crippen LogP contribution in [0.2, 0.25) is 0 Å². The molecule has 0 radical (unpaired) electrons. The SMILES string of the molecule is COc1ccc(C2(C)CCc3cc(OC)ccc3C2CCCCOS(C)(=O)=O)cc1. The lowest BCUT2D eigenvalue weighted by Gasteiger charge is -2.44. The number of aryl methyl sites for hydroxylation is 1. The smallest absolute Gasteiger partial charge is 0.264 e. The van der Waals surface area contributed by atoms with E-state index in [-0.39, 0.29) is 12.0 Å². The van der Waals surface area contributed by atoms with Gasteiger partial charge in [-0.1, -0.05) is 31.5 Å². The highest BCUT2D eigenvalue weighted by atomic mass is 32.2. The molecule has 6 heteroatoms. The van der Waals surface area contributed by atoms with Gasteiger partial charge in [-0.15, -0.1) is 0 Å². The van der Waals surface area contributed by atoms with Crippen LogP contribution in [0.3, 0.4) is 0 Å². The third kappa shape index (κ3) is 5.16. The molecule has 0 aliphatic heterocycles. The maximum Gasteiger partial charge on any atom is 0.264 e. The zero-order valence-electron chi connectivity index (χ0n) is 18.3. The number of ether oxygens (including phenoxy) is 2. The molecule has 0 spiro atoms. The van der Waals surface area contributed by atoms with Crippen molar-refractivity contribution in [2.24, 2.45) is 0 Å². The quantitative estimate of drug-likeness (QED) is 0.419. The van der Waals surface area contributed by atoms with Crippen molar-refractivity contribution in [3.63, 3.8) is 0 Å². The molecule has 0 fully saturated rings. The summed E-state index contributed by atoms with van der Waals surface area (Å²) in [6, 6.07) is 14.8. The lowest BCUT2D eigenvalue weighted by Crippen LogP contribution is -2.35. The molecule has 30 heavy (non-hydrogen) atoms. The zero-order chi connectivity index (χ0) is 21.8. The molecule has 1 aliphatic carbocycles. The molecule has 0 saturated heterocycles. The van der Waals surface area contributed by atoms with Crippen LogP contribution in [0, 0.1) is 0 Å². The summed E-state index contributed by atoms with van der Waals surface area (Å²) in [5.74, 6) is 2.08. The highest BCUT2D eigenvalue weighted by Gasteiger charge is 2.40. The maximum atomic E-state index is 11.2. The summed E-state index contributed by atoms with van der Waals surface area (Å²) in [6.07, 6.45) is 5.73. The fourth-order valence-electron chi connectivity index (χ4n) is 4.63. The summed E-state index contributed by atoms with van der Waals surface area (Å²) in [7, 11) is -0.00145. The minimum Gasteiger partial charge on any atom is -0.497 e. The van der Waals surface area contributed by atoms with E-state index in [1.54, 1.807) is 14.2 Å². The van der Waals surface area contributed by atoms with E-state index < -0.39 is 10.1 Å². The largest absolute Gasteiger partial charge is 0.497 e. The van der Waals surface area contributed by atoms with Gasteiger partial charge in [0.2, 0.25) is 0 Å². The first-order valence-corrected chi connectivity index (χ1v) is 12.2. The van der Waals surface area contributed by atoms with Gasteiger partial charge in [-0.25, -0.2) is 0 Å². The van der Waals surface area contributed by atoms with Crippen LogP contribution in [0.15, 0.2) is 42.5 Å².